The molecule has 0 amide bonds. The van der Waals surface area contributed by atoms with Crippen LogP contribution in [0.15, 0.2) is 0 Å². The van der Waals surface area contributed by atoms with Crippen molar-refractivity contribution in [2.75, 3.05) is 5.75 Å². The van der Waals surface area contributed by atoms with Crippen LogP contribution in [0, 0.1) is 16.7 Å². The summed E-state index contributed by atoms with van der Waals surface area (Å²) in [6.07, 6.45) is 4.05. The van der Waals surface area contributed by atoms with Gasteiger partial charge in [0.15, 0.2) is 5.44 Å². The highest BCUT2D eigenvalue weighted by Gasteiger charge is 2.67. The van der Waals surface area contributed by atoms with Crippen molar-refractivity contribution < 1.29 is 4.74 Å². The molecule has 4 atom stereocenters. The average Bonchev–Trinajstić information content (AvgIpc) is 2.59. The van der Waals surface area contributed by atoms with Crippen LogP contribution in [0.1, 0.15) is 33.1 Å². The van der Waals surface area contributed by atoms with Crippen molar-refractivity contribution in [2.45, 2.75) is 48.4 Å². The van der Waals surface area contributed by atoms with Crippen LogP contribution in [0.2, 0.25) is 0 Å². The minimum atomic E-state index is -1.31. The van der Waals surface area contributed by atoms with E-state index >= 15 is 0 Å². The van der Waals surface area contributed by atoms with E-state index in [1.54, 1.807) is 11.8 Å². The van der Waals surface area contributed by atoms with Gasteiger partial charge < -0.3 is 4.74 Å². The quantitative estimate of drug-likeness (QED) is 0.602. The van der Waals surface area contributed by atoms with Gasteiger partial charge in [0.05, 0.1) is 6.10 Å². The summed E-state index contributed by atoms with van der Waals surface area (Å²) in [5.41, 5.74) is 0.385. The minimum absolute atomic E-state index is 0.290. The molecule has 3 aliphatic rings. The second kappa shape index (κ2) is 3.85. The lowest BCUT2D eigenvalue weighted by atomic mass is 9.69. The van der Waals surface area contributed by atoms with Gasteiger partial charge in [0.2, 0.25) is 3.79 Å². The van der Waals surface area contributed by atoms with Gasteiger partial charge in [-0.2, -0.15) is 0 Å². The van der Waals surface area contributed by atoms with Crippen molar-refractivity contribution in [2.24, 2.45) is 16.7 Å². The minimum Gasteiger partial charge on any atom is -0.359 e. The van der Waals surface area contributed by atoms with E-state index in [0.717, 1.165) is 18.1 Å². The van der Waals surface area contributed by atoms with Crippen LogP contribution in [0.4, 0.5) is 0 Å². The van der Waals surface area contributed by atoms with Gasteiger partial charge in [-0.1, -0.05) is 48.7 Å². The fraction of sp³-hybridized carbons (Fsp3) is 1.00. The Labute approximate surface area is 122 Å². The van der Waals surface area contributed by atoms with Crippen LogP contribution < -0.4 is 0 Å². The molecule has 17 heavy (non-hydrogen) atoms. The zero-order valence-electron chi connectivity index (χ0n) is 10.0. The number of fused-ring (bicyclic) bond motifs is 1. The Hall–Kier alpha value is 1.18. The zero-order valence-corrected chi connectivity index (χ0v) is 13.1. The lowest BCUT2D eigenvalue weighted by Gasteiger charge is -2.48. The Kier molecular flexibility index (Phi) is 2.98. The van der Waals surface area contributed by atoms with E-state index in [-0.39, 0.29) is 11.5 Å². The van der Waals surface area contributed by atoms with Crippen LogP contribution in [-0.4, -0.2) is 21.1 Å². The van der Waals surface area contributed by atoms with Crippen molar-refractivity contribution in [3.05, 3.63) is 0 Å². The standard InChI is InChI=1S/C12H17Cl3OS/c1-10(2)7-3-4-11(10)6-17-9(12(13,14)15)16-8(11)5-7/h7-9H,3-6H2,1-2H3/t7-,8-,9-,11-/m1/s1. The monoisotopic (exact) mass is 314 g/mol. The molecule has 2 saturated carbocycles. The van der Waals surface area contributed by atoms with E-state index in [9.17, 15) is 0 Å². The molecule has 0 aromatic carbocycles. The van der Waals surface area contributed by atoms with Crippen molar-refractivity contribution in [3.8, 4) is 0 Å². The maximum Gasteiger partial charge on any atom is 0.225 e. The lowest BCUT2D eigenvalue weighted by Crippen LogP contribution is -2.49. The molecule has 1 heterocycles. The van der Waals surface area contributed by atoms with E-state index in [1.807, 2.05) is 0 Å². The first-order valence-electron chi connectivity index (χ1n) is 6.11. The van der Waals surface area contributed by atoms with Gasteiger partial charge in [-0.25, -0.2) is 0 Å². The zero-order chi connectivity index (χ0) is 12.5. The summed E-state index contributed by atoms with van der Waals surface area (Å²) < 4.78 is 4.79. The largest absolute Gasteiger partial charge is 0.359 e. The van der Waals surface area contributed by atoms with E-state index in [2.05, 4.69) is 13.8 Å². The average molecular weight is 316 g/mol. The summed E-state index contributed by atoms with van der Waals surface area (Å²) in [6.45, 7) is 4.79. The third-order valence-corrected chi connectivity index (χ3v) is 7.84. The molecular formula is C12H17Cl3OS. The van der Waals surface area contributed by atoms with Crippen molar-refractivity contribution >= 4 is 46.6 Å². The molecule has 1 spiro atoms. The number of hydrogen-bond donors (Lipinski definition) is 0. The first-order chi connectivity index (χ1) is 7.77. The molecule has 0 aromatic rings. The third-order valence-electron chi connectivity index (χ3n) is 5.41. The molecule has 3 rings (SSSR count). The second-order valence-electron chi connectivity index (χ2n) is 6.16. The van der Waals surface area contributed by atoms with Gasteiger partial charge in [0.1, 0.15) is 0 Å². The molecule has 1 saturated heterocycles. The van der Waals surface area contributed by atoms with Crippen LogP contribution in [-0.2, 0) is 4.74 Å². The first-order valence-corrected chi connectivity index (χ1v) is 8.29. The van der Waals surface area contributed by atoms with E-state index in [0.29, 0.717) is 10.8 Å². The SMILES string of the molecule is CC1(C)[C@@H]2CC[C@]13CS[C@H](C(Cl)(Cl)Cl)O[C@@H]3C2. The lowest BCUT2D eigenvalue weighted by molar-refractivity contribution is -0.0645. The van der Waals surface area contributed by atoms with Crippen LogP contribution >= 0.6 is 46.6 Å². The molecule has 2 aliphatic carbocycles. The number of hydrogen-bond acceptors (Lipinski definition) is 2. The summed E-state index contributed by atoms with van der Waals surface area (Å²) in [5, 5.41) is 0. The molecule has 98 valence electrons. The molecule has 0 aromatic heterocycles. The second-order valence-corrected chi connectivity index (χ2v) is 9.58. The maximum absolute atomic E-state index is 6.10. The van der Waals surface area contributed by atoms with E-state index in [1.165, 1.54) is 12.8 Å². The number of halogens is 3. The molecule has 1 aliphatic heterocycles. The maximum atomic E-state index is 6.10. The summed E-state index contributed by atoms with van der Waals surface area (Å²) in [6, 6.07) is 0. The summed E-state index contributed by atoms with van der Waals surface area (Å²) in [7, 11) is 0. The van der Waals surface area contributed by atoms with Crippen LogP contribution in [0.5, 0.6) is 0 Å². The molecule has 0 radical (unpaired) electrons. The number of thioether (sulfide) groups is 1. The highest BCUT2D eigenvalue weighted by molar-refractivity contribution is 8.00. The van der Waals surface area contributed by atoms with Crippen LogP contribution in [0.3, 0.4) is 0 Å². The molecule has 0 N–H and O–H groups in total. The van der Waals surface area contributed by atoms with Gasteiger partial charge in [0, 0.05) is 11.2 Å². The fourth-order valence-corrected chi connectivity index (χ4v) is 6.39. The topological polar surface area (TPSA) is 9.23 Å². The Balaban J connectivity index is 1.85. The molecular weight excluding hydrogens is 299 g/mol. The van der Waals surface area contributed by atoms with Crippen LogP contribution in [0.25, 0.3) is 0 Å². The van der Waals surface area contributed by atoms with Crippen molar-refractivity contribution in [1.82, 2.24) is 0 Å². The fourth-order valence-electron chi connectivity index (χ4n) is 4.12. The number of rotatable bonds is 0. The highest BCUT2D eigenvalue weighted by atomic mass is 35.6. The highest BCUT2D eigenvalue weighted by Crippen LogP contribution is 2.70. The smallest absolute Gasteiger partial charge is 0.225 e. The normalized spacial score (nSPS) is 48.2. The molecule has 3 fully saturated rings. The van der Waals surface area contributed by atoms with Gasteiger partial charge >= 0.3 is 0 Å². The number of alkyl halides is 3. The Bertz CT molecular complexity index is 341. The van der Waals surface area contributed by atoms with Gasteiger partial charge in [0.25, 0.3) is 0 Å². The van der Waals surface area contributed by atoms with Gasteiger partial charge in [-0.15, -0.1) is 11.8 Å². The summed E-state index contributed by atoms with van der Waals surface area (Å²) in [4.78, 5) is 0. The molecule has 1 nitrogen and oxygen atoms in total. The molecule has 2 bridgehead atoms. The van der Waals surface area contributed by atoms with Gasteiger partial charge in [-0.05, 0) is 30.6 Å². The Morgan fingerprint density at radius 2 is 2.00 bits per heavy atom. The molecule has 0 unspecified atom stereocenters. The Morgan fingerprint density at radius 3 is 2.59 bits per heavy atom. The summed E-state index contributed by atoms with van der Waals surface area (Å²) >= 11 is 19.6. The third kappa shape index (κ3) is 1.71. The van der Waals surface area contributed by atoms with Crippen molar-refractivity contribution in [1.29, 1.82) is 0 Å². The number of ether oxygens (including phenoxy) is 1. The predicted octanol–water partition coefficient (Wildman–Crippen LogP) is 4.64. The van der Waals surface area contributed by atoms with E-state index in [4.69, 9.17) is 39.5 Å². The summed E-state index contributed by atoms with van der Waals surface area (Å²) in [5.74, 6) is 1.85. The predicted molar refractivity (Wildman–Crippen MR) is 75.0 cm³/mol. The van der Waals surface area contributed by atoms with Crippen molar-refractivity contribution in [3.63, 3.8) is 0 Å². The van der Waals surface area contributed by atoms with E-state index < -0.39 is 3.79 Å². The molecule has 5 heteroatoms. The Morgan fingerprint density at radius 1 is 1.29 bits per heavy atom. The van der Waals surface area contributed by atoms with Gasteiger partial charge in [-0.3, -0.25) is 0 Å². The first kappa shape index (κ1) is 13.2.